The highest BCUT2D eigenvalue weighted by molar-refractivity contribution is 6.35. The molecule has 1 fully saturated rings. The number of nitrogens with two attached hydrogens (primary N) is 1. The SMILES string of the molecule is Nc1ncc(Cl)c(-c2cnn(-c3ccc(Cl)cc3Cl)c2)n1.OC1CCCCC1. The molecule has 0 unspecified atom stereocenters. The first kappa shape index (κ1) is 20.9. The Morgan fingerprint density at radius 3 is 2.43 bits per heavy atom. The van der Waals surface area contributed by atoms with Gasteiger partial charge < -0.3 is 10.8 Å². The highest BCUT2D eigenvalue weighted by atomic mass is 35.5. The molecule has 3 aromatic rings. The van der Waals surface area contributed by atoms with E-state index in [1.165, 1.54) is 25.5 Å². The highest BCUT2D eigenvalue weighted by Crippen LogP contribution is 2.28. The number of rotatable bonds is 2. The fraction of sp³-hybridized carbons (Fsp3) is 0.316. The molecule has 1 aliphatic carbocycles. The van der Waals surface area contributed by atoms with Crippen LogP contribution in [0.25, 0.3) is 16.9 Å². The summed E-state index contributed by atoms with van der Waals surface area (Å²) in [5, 5.41) is 14.6. The van der Waals surface area contributed by atoms with Crippen molar-refractivity contribution in [1.82, 2.24) is 19.7 Å². The van der Waals surface area contributed by atoms with Gasteiger partial charge in [-0.25, -0.2) is 14.6 Å². The van der Waals surface area contributed by atoms with Gasteiger partial charge in [0.25, 0.3) is 0 Å². The van der Waals surface area contributed by atoms with E-state index in [1.807, 2.05) is 0 Å². The minimum absolute atomic E-state index is 0.0359. The molecule has 0 radical (unpaired) electrons. The van der Waals surface area contributed by atoms with E-state index in [2.05, 4.69) is 15.1 Å². The van der Waals surface area contributed by atoms with E-state index >= 15 is 0 Å². The van der Waals surface area contributed by atoms with Crippen LogP contribution in [-0.2, 0) is 0 Å². The van der Waals surface area contributed by atoms with Crippen molar-refractivity contribution in [3.63, 3.8) is 0 Å². The van der Waals surface area contributed by atoms with E-state index in [0.29, 0.717) is 32.0 Å². The molecule has 1 saturated carbocycles. The van der Waals surface area contributed by atoms with Gasteiger partial charge in [0.15, 0.2) is 0 Å². The van der Waals surface area contributed by atoms with E-state index in [4.69, 9.17) is 45.6 Å². The zero-order valence-corrected chi connectivity index (χ0v) is 17.3. The summed E-state index contributed by atoms with van der Waals surface area (Å²) in [5.74, 6) is 0.145. The molecule has 2 aromatic heterocycles. The van der Waals surface area contributed by atoms with Crippen molar-refractivity contribution in [2.45, 2.75) is 38.2 Å². The third kappa shape index (κ3) is 5.35. The maximum absolute atomic E-state index is 8.91. The van der Waals surface area contributed by atoms with E-state index < -0.39 is 0 Å². The summed E-state index contributed by atoms with van der Waals surface area (Å²) in [6.45, 7) is 0. The normalized spacial score (nSPS) is 14.4. The van der Waals surface area contributed by atoms with Crippen LogP contribution in [0.4, 0.5) is 5.95 Å². The lowest BCUT2D eigenvalue weighted by molar-refractivity contribution is 0.130. The van der Waals surface area contributed by atoms with Gasteiger partial charge in [-0.2, -0.15) is 5.10 Å². The number of hydrogen-bond acceptors (Lipinski definition) is 5. The quantitative estimate of drug-likeness (QED) is 0.573. The molecule has 6 nitrogen and oxygen atoms in total. The Kier molecular flexibility index (Phi) is 7.13. The molecular weight excluding hydrogens is 421 g/mol. The second kappa shape index (κ2) is 9.56. The van der Waals surface area contributed by atoms with Gasteiger partial charge in [-0.05, 0) is 31.0 Å². The van der Waals surface area contributed by atoms with Crippen LogP contribution in [0.15, 0.2) is 36.8 Å². The molecule has 28 heavy (non-hydrogen) atoms. The van der Waals surface area contributed by atoms with Crippen molar-refractivity contribution < 1.29 is 5.11 Å². The van der Waals surface area contributed by atoms with Gasteiger partial charge in [-0.3, -0.25) is 0 Å². The van der Waals surface area contributed by atoms with Crippen LogP contribution in [0, 0.1) is 0 Å². The number of aliphatic hydroxyl groups excluding tert-OH is 1. The van der Waals surface area contributed by atoms with Crippen molar-refractivity contribution in [3.8, 4) is 16.9 Å². The Morgan fingerprint density at radius 2 is 1.79 bits per heavy atom. The summed E-state index contributed by atoms with van der Waals surface area (Å²) >= 11 is 18.1. The Hall–Kier alpha value is -1.86. The fourth-order valence-corrected chi connectivity index (χ4v) is 3.60. The molecule has 0 bridgehead atoms. The number of nitrogens with zero attached hydrogens (tertiary/aromatic N) is 4. The largest absolute Gasteiger partial charge is 0.393 e. The summed E-state index contributed by atoms with van der Waals surface area (Å²) in [5.41, 5.74) is 7.50. The standard InChI is InChI=1S/C13H8Cl3N5.C6H12O/c14-8-1-2-11(9(15)3-8)21-6-7(4-19-21)12-10(16)5-18-13(17)20-12;7-6-4-2-1-3-5-6/h1-6H,(H2,17,18,20);6-7H,1-5H2. The van der Waals surface area contributed by atoms with Crippen LogP contribution in [0.5, 0.6) is 0 Å². The lowest BCUT2D eigenvalue weighted by atomic mass is 9.98. The molecule has 3 N–H and O–H groups in total. The molecule has 0 aliphatic heterocycles. The molecule has 148 valence electrons. The molecule has 0 amide bonds. The minimum atomic E-state index is 0.0359. The van der Waals surface area contributed by atoms with Gasteiger partial charge >= 0.3 is 0 Å². The second-order valence-electron chi connectivity index (χ2n) is 6.49. The molecule has 4 rings (SSSR count). The Morgan fingerprint density at radius 1 is 1.04 bits per heavy atom. The average Bonchev–Trinajstić information content (AvgIpc) is 3.14. The molecule has 2 heterocycles. The predicted molar refractivity (Wildman–Crippen MR) is 113 cm³/mol. The lowest BCUT2D eigenvalue weighted by Gasteiger charge is -2.14. The Balaban J connectivity index is 0.000000271. The maximum atomic E-state index is 8.91. The Bertz CT molecular complexity index is 941. The van der Waals surface area contributed by atoms with Crippen LogP contribution in [0.1, 0.15) is 32.1 Å². The molecule has 0 atom stereocenters. The van der Waals surface area contributed by atoms with Gasteiger partial charge in [0, 0.05) is 16.8 Å². The van der Waals surface area contributed by atoms with Crippen LogP contribution >= 0.6 is 34.8 Å². The lowest BCUT2D eigenvalue weighted by Crippen LogP contribution is -2.09. The molecule has 9 heteroatoms. The summed E-state index contributed by atoms with van der Waals surface area (Å²) in [7, 11) is 0. The van der Waals surface area contributed by atoms with Crippen LogP contribution in [0.2, 0.25) is 15.1 Å². The number of nitrogen functional groups attached to an aromatic ring is 1. The smallest absolute Gasteiger partial charge is 0.220 e. The average molecular weight is 441 g/mol. The number of halogens is 3. The van der Waals surface area contributed by atoms with Crippen LogP contribution < -0.4 is 5.73 Å². The summed E-state index contributed by atoms with van der Waals surface area (Å²) < 4.78 is 1.61. The second-order valence-corrected chi connectivity index (χ2v) is 7.74. The van der Waals surface area contributed by atoms with E-state index in [-0.39, 0.29) is 12.1 Å². The third-order valence-electron chi connectivity index (χ3n) is 4.35. The summed E-state index contributed by atoms with van der Waals surface area (Å²) in [4.78, 5) is 7.94. The zero-order chi connectivity index (χ0) is 20.1. The van der Waals surface area contributed by atoms with Crippen molar-refractivity contribution >= 4 is 40.8 Å². The molecule has 1 aromatic carbocycles. The third-order valence-corrected chi connectivity index (χ3v) is 5.16. The van der Waals surface area contributed by atoms with Crippen molar-refractivity contribution in [3.05, 3.63) is 51.9 Å². The van der Waals surface area contributed by atoms with Gasteiger partial charge in [0.2, 0.25) is 5.95 Å². The number of aromatic nitrogens is 4. The molecular formula is C19H20Cl3N5O. The molecule has 0 saturated heterocycles. The topological polar surface area (TPSA) is 89.9 Å². The fourth-order valence-electron chi connectivity index (χ4n) is 2.91. The van der Waals surface area contributed by atoms with Gasteiger partial charge in [0.1, 0.15) is 0 Å². The Labute approximate surface area is 178 Å². The van der Waals surface area contributed by atoms with E-state index in [9.17, 15) is 0 Å². The van der Waals surface area contributed by atoms with E-state index in [0.717, 1.165) is 12.8 Å². The number of hydrogen-bond donors (Lipinski definition) is 2. The van der Waals surface area contributed by atoms with Gasteiger partial charge in [-0.1, -0.05) is 54.1 Å². The first-order chi connectivity index (χ1) is 13.4. The highest BCUT2D eigenvalue weighted by Gasteiger charge is 2.12. The van der Waals surface area contributed by atoms with E-state index in [1.54, 1.807) is 35.3 Å². The van der Waals surface area contributed by atoms with Crippen LogP contribution in [0.3, 0.4) is 0 Å². The van der Waals surface area contributed by atoms with Crippen LogP contribution in [-0.4, -0.2) is 31.0 Å². The molecule has 1 aliphatic rings. The molecule has 0 spiro atoms. The monoisotopic (exact) mass is 439 g/mol. The number of anilines is 1. The maximum Gasteiger partial charge on any atom is 0.220 e. The van der Waals surface area contributed by atoms with Gasteiger partial charge in [-0.15, -0.1) is 0 Å². The number of aliphatic hydroxyl groups is 1. The summed E-state index contributed by atoms with van der Waals surface area (Å²) in [6, 6.07) is 5.16. The van der Waals surface area contributed by atoms with Crippen molar-refractivity contribution in [1.29, 1.82) is 0 Å². The first-order valence-electron chi connectivity index (χ1n) is 8.90. The van der Waals surface area contributed by atoms with Crippen molar-refractivity contribution in [2.24, 2.45) is 0 Å². The van der Waals surface area contributed by atoms with Gasteiger partial charge in [0.05, 0.1) is 39.9 Å². The first-order valence-corrected chi connectivity index (χ1v) is 10.0. The summed E-state index contributed by atoms with van der Waals surface area (Å²) in [6.07, 6.45) is 10.8. The predicted octanol–water partition coefficient (Wildman–Crippen LogP) is 5.18. The minimum Gasteiger partial charge on any atom is -0.393 e. The van der Waals surface area contributed by atoms with Crippen molar-refractivity contribution in [2.75, 3.05) is 5.73 Å². The zero-order valence-electron chi connectivity index (χ0n) is 15.0. The number of benzene rings is 1.